The van der Waals surface area contributed by atoms with E-state index in [0.717, 1.165) is 61.2 Å². The Morgan fingerprint density at radius 1 is 1.06 bits per heavy atom. The van der Waals surface area contributed by atoms with Crippen LogP contribution in [-0.4, -0.2) is 41.3 Å². The Kier molecular flexibility index (Phi) is 3.85. The average molecular weight is 481 g/mol. The van der Waals surface area contributed by atoms with E-state index >= 15 is 0 Å². The molecule has 3 aliphatic heterocycles. The van der Waals surface area contributed by atoms with Gasteiger partial charge in [0.25, 0.3) is 5.91 Å². The third kappa shape index (κ3) is 2.15. The maximum Gasteiger partial charge on any atom is 0.252 e. The Hall–Kier alpha value is -3.39. The highest BCUT2D eigenvalue weighted by atomic mass is 16.6. The SMILES string of the molecule is CNC1CC2OC(C)(C1OC)n1c3ccccc3c3c4c(c5c6ccccc6n2c5c31)C(=O)NC4C. The van der Waals surface area contributed by atoms with Gasteiger partial charge in [0.15, 0.2) is 5.72 Å². The fraction of sp³-hybridized carbons (Fsp3) is 0.345. The lowest BCUT2D eigenvalue weighted by molar-refractivity contribution is -0.256. The van der Waals surface area contributed by atoms with Crippen molar-refractivity contribution in [1.29, 1.82) is 0 Å². The van der Waals surface area contributed by atoms with E-state index in [1.54, 1.807) is 7.11 Å². The molecule has 0 aliphatic carbocycles. The van der Waals surface area contributed by atoms with E-state index in [-0.39, 0.29) is 30.3 Å². The number of ether oxygens (including phenoxy) is 2. The summed E-state index contributed by atoms with van der Waals surface area (Å²) in [5.74, 6) is 0.00125. The molecule has 5 aromatic rings. The minimum atomic E-state index is -0.771. The Bertz CT molecular complexity index is 1780. The van der Waals surface area contributed by atoms with Gasteiger partial charge in [-0.2, -0.15) is 0 Å². The van der Waals surface area contributed by atoms with Crippen LogP contribution < -0.4 is 10.6 Å². The summed E-state index contributed by atoms with van der Waals surface area (Å²) in [5.41, 5.74) is 5.49. The number of para-hydroxylation sites is 2. The summed E-state index contributed by atoms with van der Waals surface area (Å²) in [6.07, 6.45) is 0.319. The van der Waals surface area contributed by atoms with Gasteiger partial charge in [-0.1, -0.05) is 36.4 Å². The molecule has 5 heterocycles. The van der Waals surface area contributed by atoms with Crippen LogP contribution in [0.1, 0.15) is 48.5 Å². The predicted molar refractivity (Wildman–Crippen MR) is 140 cm³/mol. The Balaban J connectivity index is 1.73. The van der Waals surface area contributed by atoms with Gasteiger partial charge in [0.05, 0.1) is 33.7 Å². The van der Waals surface area contributed by atoms with Crippen LogP contribution in [0.5, 0.6) is 0 Å². The second-order valence-corrected chi connectivity index (χ2v) is 10.6. The fourth-order valence-electron chi connectivity index (χ4n) is 7.61. The number of amides is 1. The molecule has 2 bridgehead atoms. The largest absolute Gasteiger partial charge is 0.375 e. The lowest BCUT2D eigenvalue weighted by Gasteiger charge is -2.48. The van der Waals surface area contributed by atoms with E-state index in [0.29, 0.717) is 0 Å². The quantitative estimate of drug-likeness (QED) is 0.377. The van der Waals surface area contributed by atoms with Gasteiger partial charge in [-0.05, 0) is 38.6 Å². The van der Waals surface area contributed by atoms with Gasteiger partial charge < -0.3 is 29.2 Å². The van der Waals surface area contributed by atoms with Crippen molar-refractivity contribution < 1.29 is 14.3 Å². The molecule has 1 amide bonds. The number of likely N-dealkylation sites (N-methyl/N-ethyl adjacent to an activating group) is 1. The summed E-state index contributed by atoms with van der Waals surface area (Å²) in [7, 11) is 3.77. The first kappa shape index (κ1) is 20.8. The number of hydrogen-bond acceptors (Lipinski definition) is 4. The number of nitrogens with zero attached hydrogens (tertiary/aromatic N) is 2. The summed E-state index contributed by atoms with van der Waals surface area (Å²) in [6, 6.07) is 16.9. The van der Waals surface area contributed by atoms with Crippen LogP contribution in [0, 0.1) is 0 Å². The van der Waals surface area contributed by atoms with E-state index in [1.807, 2.05) is 7.05 Å². The highest BCUT2D eigenvalue weighted by Gasteiger charge is 2.53. The normalized spacial score (nSPS) is 28.9. The number of fused-ring (bicyclic) bond motifs is 13. The minimum Gasteiger partial charge on any atom is -0.375 e. The number of rotatable bonds is 2. The topological polar surface area (TPSA) is 69.5 Å². The van der Waals surface area contributed by atoms with E-state index in [9.17, 15) is 4.79 Å². The Morgan fingerprint density at radius 3 is 2.47 bits per heavy atom. The van der Waals surface area contributed by atoms with E-state index in [1.165, 1.54) is 0 Å². The van der Waals surface area contributed by atoms with Gasteiger partial charge >= 0.3 is 0 Å². The van der Waals surface area contributed by atoms with Gasteiger partial charge in [0.2, 0.25) is 0 Å². The van der Waals surface area contributed by atoms with Crippen molar-refractivity contribution in [3.05, 3.63) is 59.7 Å². The zero-order chi connectivity index (χ0) is 24.5. The van der Waals surface area contributed by atoms with Crippen molar-refractivity contribution in [2.45, 2.75) is 50.4 Å². The van der Waals surface area contributed by atoms with Crippen molar-refractivity contribution in [2.75, 3.05) is 14.2 Å². The molecule has 36 heavy (non-hydrogen) atoms. The fourth-order valence-corrected chi connectivity index (χ4v) is 7.61. The number of methoxy groups -OCH3 is 1. The molecule has 0 radical (unpaired) electrons. The molecule has 3 aliphatic rings. The number of carbonyl (C=O) groups is 1. The molecule has 1 fully saturated rings. The van der Waals surface area contributed by atoms with E-state index in [2.05, 4.69) is 82.1 Å². The van der Waals surface area contributed by atoms with Gasteiger partial charge in [-0.25, -0.2) is 0 Å². The summed E-state index contributed by atoms with van der Waals surface area (Å²) < 4.78 is 18.0. The molecule has 0 spiro atoms. The first-order chi connectivity index (χ1) is 17.5. The Morgan fingerprint density at radius 2 is 1.75 bits per heavy atom. The third-order valence-corrected chi connectivity index (χ3v) is 8.89. The van der Waals surface area contributed by atoms with Gasteiger partial charge in [-0.3, -0.25) is 4.79 Å². The van der Waals surface area contributed by atoms with E-state index in [4.69, 9.17) is 9.47 Å². The first-order valence-corrected chi connectivity index (χ1v) is 12.7. The highest BCUT2D eigenvalue weighted by Crippen LogP contribution is 2.54. The molecule has 2 aromatic heterocycles. The van der Waals surface area contributed by atoms with Crippen LogP contribution in [0.4, 0.5) is 0 Å². The van der Waals surface area contributed by atoms with Crippen molar-refractivity contribution >= 4 is 49.5 Å². The molecule has 2 N–H and O–H groups in total. The van der Waals surface area contributed by atoms with Gasteiger partial charge in [0, 0.05) is 41.1 Å². The molecule has 5 atom stereocenters. The zero-order valence-corrected chi connectivity index (χ0v) is 20.8. The predicted octanol–water partition coefficient (Wildman–Crippen LogP) is 4.92. The number of hydrogen-bond donors (Lipinski definition) is 2. The molecule has 1 saturated heterocycles. The lowest BCUT2D eigenvalue weighted by atomic mass is 9.93. The van der Waals surface area contributed by atoms with Gasteiger partial charge in [-0.15, -0.1) is 0 Å². The maximum atomic E-state index is 13.5. The summed E-state index contributed by atoms with van der Waals surface area (Å²) in [5, 5.41) is 11.1. The molecule has 8 rings (SSSR count). The van der Waals surface area contributed by atoms with Crippen LogP contribution in [0.15, 0.2) is 48.5 Å². The molecule has 182 valence electrons. The Labute approximate surface area is 207 Å². The molecular formula is C29H28N4O3. The molecule has 0 saturated carbocycles. The van der Waals surface area contributed by atoms with Crippen LogP contribution >= 0.6 is 0 Å². The minimum absolute atomic E-state index is 0.00125. The molecule has 5 unspecified atom stereocenters. The van der Waals surface area contributed by atoms with E-state index < -0.39 is 5.72 Å². The molecular weight excluding hydrogens is 452 g/mol. The second-order valence-electron chi connectivity index (χ2n) is 10.6. The van der Waals surface area contributed by atoms with Crippen LogP contribution in [0.25, 0.3) is 43.6 Å². The van der Waals surface area contributed by atoms with Crippen LogP contribution in [0.2, 0.25) is 0 Å². The molecule has 7 heteroatoms. The maximum absolute atomic E-state index is 13.5. The summed E-state index contributed by atoms with van der Waals surface area (Å²) in [4.78, 5) is 13.5. The summed E-state index contributed by atoms with van der Waals surface area (Å²) >= 11 is 0. The number of nitrogens with one attached hydrogen (secondary N) is 2. The highest BCUT2D eigenvalue weighted by molar-refractivity contribution is 6.31. The van der Waals surface area contributed by atoms with Crippen molar-refractivity contribution in [2.24, 2.45) is 0 Å². The number of aromatic nitrogens is 2. The standard InChI is InChI=1S/C29H28N4O3/c1-14-21-22-16-10-6-8-12-19(16)33-26(22)25-23(24(21)28(34)31-14)15-9-5-7-11-18(15)32(25)20-13-17(30-3)27(35-4)29(33,2)36-20/h5-12,14,17,20,27,30H,13H2,1-4H3,(H,31,34). The first-order valence-electron chi connectivity index (χ1n) is 12.7. The van der Waals surface area contributed by atoms with Crippen LogP contribution in [0.3, 0.4) is 0 Å². The average Bonchev–Trinajstić information content (AvgIpc) is 3.48. The molecule has 3 aromatic carbocycles. The lowest BCUT2D eigenvalue weighted by Crippen LogP contribution is -2.59. The van der Waals surface area contributed by atoms with Gasteiger partial charge in [0.1, 0.15) is 12.3 Å². The second kappa shape index (κ2) is 6.68. The van der Waals surface area contributed by atoms with Crippen molar-refractivity contribution in [3.63, 3.8) is 0 Å². The number of carbonyl (C=O) groups excluding carboxylic acids is 1. The smallest absolute Gasteiger partial charge is 0.252 e. The zero-order valence-electron chi connectivity index (χ0n) is 20.8. The molecule has 7 nitrogen and oxygen atoms in total. The third-order valence-electron chi connectivity index (χ3n) is 8.89. The monoisotopic (exact) mass is 480 g/mol. The van der Waals surface area contributed by atoms with Crippen LogP contribution in [-0.2, 0) is 15.2 Å². The number of benzene rings is 3. The van der Waals surface area contributed by atoms with Crippen molar-refractivity contribution in [1.82, 2.24) is 19.8 Å². The summed E-state index contributed by atoms with van der Waals surface area (Å²) in [6.45, 7) is 4.25. The van der Waals surface area contributed by atoms with Crippen molar-refractivity contribution in [3.8, 4) is 0 Å².